The SMILES string of the molecule is Cc1cc(-c2ccnc(Nc3cnn(C)c3)n2)ccc1C(C)OC(N)=O. The topological polar surface area (TPSA) is 108 Å². The van der Waals surface area contributed by atoms with E-state index < -0.39 is 12.2 Å². The highest BCUT2D eigenvalue weighted by molar-refractivity contribution is 5.66. The minimum absolute atomic E-state index is 0.408. The number of benzene rings is 1. The van der Waals surface area contributed by atoms with Crippen molar-refractivity contribution >= 4 is 17.7 Å². The smallest absolute Gasteiger partial charge is 0.405 e. The number of aryl methyl sites for hydroxylation is 2. The van der Waals surface area contributed by atoms with Gasteiger partial charge in [0.2, 0.25) is 5.95 Å². The summed E-state index contributed by atoms with van der Waals surface area (Å²) in [5.74, 6) is 0.489. The fraction of sp³-hybridized carbons (Fsp3) is 0.222. The number of rotatable bonds is 5. The van der Waals surface area contributed by atoms with Gasteiger partial charge in [0.05, 0.1) is 17.6 Å². The summed E-state index contributed by atoms with van der Waals surface area (Å²) in [6, 6.07) is 7.67. The molecule has 8 nitrogen and oxygen atoms in total. The maximum Gasteiger partial charge on any atom is 0.405 e. The zero-order valence-electron chi connectivity index (χ0n) is 14.8. The number of carbonyl (C=O) groups excluding carboxylic acids is 1. The largest absolute Gasteiger partial charge is 0.442 e. The average molecular weight is 352 g/mol. The Morgan fingerprint density at radius 2 is 2.15 bits per heavy atom. The Balaban J connectivity index is 1.83. The lowest BCUT2D eigenvalue weighted by Crippen LogP contribution is -2.16. The van der Waals surface area contributed by atoms with E-state index in [4.69, 9.17) is 10.5 Å². The Morgan fingerprint density at radius 1 is 1.35 bits per heavy atom. The van der Waals surface area contributed by atoms with Crippen LogP contribution < -0.4 is 11.1 Å². The number of hydrogen-bond acceptors (Lipinski definition) is 6. The molecule has 2 aromatic heterocycles. The maximum atomic E-state index is 10.9. The molecule has 3 N–H and O–H groups in total. The molecule has 3 aromatic rings. The van der Waals surface area contributed by atoms with E-state index in [-0.39, 0.29) is 0 Å². The fourth-order valence-corrected chi connectivity index (χ4v) is 2.72. The predicted molar refractivity (Wildman–Crippen MR) is 97.8 cm³/mol. The number of nitrogens with zero attached hydrogens (tertiary/aromatic N) is 4. The van der Waals surface area contributed by atoms with Gasteiger partial charge >= 0.3 is 6.09 Å². The Hall–Kier alpha value is -3.42. The standard InChI is InChI=1S/C18H20N6O2/c1-11-8-13(4-5-15(11)12(2)26-17(19)25)16-6-7-20-18(23-16)22-14-9-21-24(3)10-14/h4-10,12H,1-3H3,(H2,19,25)(H,20,22,23). The van der Waals surface area contributed by atoms with E-state index in [1.54, 1.807) is 24.0 Å². The van der Waals surface area contributed by atoms with Gasteiger partial charge in [-0.25, -0.2) is 14.8 Å². The molecule has 3 rings (SSSR count). The molecule has 0 radical (unpaired) electrons. The van der Waals surface area contributed by atoms with Crippen molar-refractivity contribution in [3.05, 3.63) is 54.0 Å². The van der Waals surface area contributed by atoms with Crippen molar-refractivity contribution in [1.29, 1.82) is 0 Å². The number of carbonyl (C=O) groups is 1. The van der Waals surface area contributed by atoms with Gasteiger partial charge < -0.3 is 15.8 Å². The number of nitrogens with two attached hydrogens (primary N) is 1. The highest BCUT2D eigenvalue weighted by Gasteiger charge is 2.13. The number of nitrogens with one attached hydrogen (secondary N) is 1. The van der Waals surface area contributed by atoms with Crippen molar-refractivity contribution in [1.82, 2.24) is 19.7 Å². The van der Waals surface area contributed by atoms with Crippen molar-refractivity contribution in [2.45, 2.75) is 20.0 Å². The van der Waals surface area contributed by atoms with Gasteiger partial charge in [0.25, 0.3) is 0 Å². The first-order valence-electron chi connectivity index (χ1n) is 8.08. The lowest BCUT2D eigenvalue weighted by atomic mass is 10.00. The van der Waals surface area contributed by atoms with Crippen LogP contribution >= 0.6 is 0 Å². The van der Waals surface area contributed by atoms with Gasteiger partial charge in [-0.3, -0.25) is 4.68 Å². The number of ether oxygens (including phenoxy) is 1. The molecular formula is C18H20N6O2. The third kappa shape index (κ3) is 3.97. The fourth-order valence-electron chi connectivity index (χ4n) is 2.72. The second-order valence-electron chi connectivity index (χ2n) is 5.94. The summed E-state index contributed by atoms with van der Waals surface area (Å²) in [5, 5.41) is 7.23. The van der Waals surface area contributed by atoms with E-state index in [1.165, 1.54) is 0 Å². The van der Waals surface area contributed by atoms with Gasteiger partial charge in [0.15, 0.2) is 0 Å². The minimum Gasteiger partial charge on any atom is -0.442 e. The third-order valence-electron chi connectivity index (χ3n) is 3.91. The van der Waals surface area contributed by atoms with E-state index in [2.05, 4.69) is 20.4 Å². The summed E-state index contributed by atoms with van der Waals surface area (Å²) in [6.45, 7) is 3.74. The van der Waals surface area contributed by atoms with Crippen LogP contribution in [0.4, 0.5) is 16.4 Å². The average Bonchev–Trinajstić information content (AvgIpc) is 2.99. The van der Waals surface area contributed by atoms with Gasteiger partial charge in [-0.15, -0.1) is 0 Å². The zero-order chi connectivity index (χ0) is 18.7. The summed E-state index contributed by atoms with van der Waals surface area (Å²) in [7, 11) is 1.84. The first-order valence-corrected chi connectivity index (χ1v) is 8.08. The molecule has 0 fully saturated rings. The molecule has 0 aliphatic carbocycles. The maximum absolute atomic E-state index is 10.9. The van der Waals surface area contributed by atoms with Gasteiger partial charge in [0, 0.05) is 25.0 Å². The van der Waals surface area contributed by atoms with Crippen LogP contribution in [0, 0.1) is 6.92 Å². The quantitative estimate of drug-likeness (QED) is 0.730. The second-order valence-corrected chi connectivity index (χ2v) is 5.94. The van der Waals surface area contributed by atoms with E-state index in [9.17, 15) is 4.79 Å². The number of anilines is 2. The summed E-state index contributed by atoms with van der Waals surface area (Å²) in [6.07, 6.45) is 4.05. The molecule has 0 saturated heterocycles. The van der Waals surface area contributed by atoms with E-state index >= 15 is 0 Å². The lowest BCUT2D eigenvalue weighted by Gasteiger charge is -2.15. The highest BCUT2D eigenvalue weighted by Crippen LogP contribution is 2.26. The molecule has 0 aliphatic rings. The molecule has 1 aromatic carbocycles. The van der Waals surface area contributed by atoms with Crippen molar-refractivity contribution < 1.29 is 9.53 Å². The molecule has 0 bridgehead atoms. The molecule has 26 heavy (non-hydrogen) atoms. The van der Waals surface area contributed by atoms with E-state index in [0.717, 1.165) is 28.1 Å². The number of amides is 1. The van der Waals surface area contributed by atoms with Crippen LogP contribution in [0.15, 0.2) is 42.9 Å². The second kappa shape index (κ2) is 7.22. The van der Waals surface area contributed by atoms with Crippen LogP contribution in [0.5, 0.6) is 0 Å². The molecule has 1 amide bonds. The first-order chi connectivity index (χ1) is 12.4. The van der Waals surface area contributed by atoms with Crippen molar-refractivity contribution in [3.8, 4) is 11.3 Å². The molecule has 0 aliphatic heterocycles. The Morgan fingerprint density at radius 3 is 2.81 bits per heavy atom. The zero-order valence-corrected chi connectivity index (χ0v) is 14.8. The first kappa shape index (κ1) is 17.4. The Labute approximate surface area is 151 Å². The van der Waals surface area contributed by atoms with Crippen LogP contribution in [-0.4, -0.2) is 25.8 Å². The number of hydrogen-bond donors (Lipinski definition) is 2. The van der Waals surface area contributed by atoms with Gasteiger partial charge in [-0.05, 0) is 37.1 Å². The van der Waals surface area contributed by atoms with Crippen molar-refractivity contribution in [2.24, 2.45) is 12.8 Å². The number of aromatic nitrogens is 4. The Kier molecular flexibility index (Phi) is 4.83. The third-order valence-corrected chi connectivity index (χ3v) is 3.91. The molecule has 1 atom stereocenters. The molecule has 0 saturated carbocycles. The monoisotopic (exact) mass is 352 g/mol. The van der Waals surface area contributed by atoms with Crippen LogP contribution in [0.25, 0.3) is 11.3 Å². The molecular weight excluding hydrogens is 332 g/mol. The van der Waals surface area contributed by atoms with Gasteiger partial charge in [-0.1, -0.05) is 12.1 Å². The molecule has 1 unspecified atom stereocenters. The normalized spacial score (nSPS) is 11.8. The Bertz CT molecular complexity index is 937. The summed E-state index contributed by atoms with van der Waals surface area (Å²) >= 11 is 0. The summed E-state index contributed by atoms with van der Waals surface area (Å²) in [4.78, 5) is 19.7. The minimum atomic E-state index is -0.789. The van der Waals surface area contributed by atoms with Crippen LogP contribution in [-0.2, 0) is 11.8 Å². The summed E-state index contributed by atoms with van der Waals surface area (Å²) in [5.41, 5.74) is 9.51. The van der Waals surface area contributed by atoms with Gasteiger partial charge in [0.1, 0.15) is 6.10 Å². The van der Waals surface area contributed by atoms with Crippen LogP contribution in [0.2, 0.25) is 0 Å². The lowest BCUT2D eigenvalue weighted by molar-refractivity contribution is 0.116. The molecule has 0 spiro atoms. The molecule has 134 valence electrons. The highest BCUT2D eigenvalue weighted by atomic mass is 16.6. The van der Waals surface area contributed by atoms with Crippen molar-refractivity contribution in [2.75, 3.05) is 5.32 Å². The van der Waals surface area contributed by atoms with E-state index in [1.807, 2.05) is 44.4 Å². The molecule has 8 heteroatoms. The van der Waals surface area contributed by atoms with Gasteiger partial charge in [-0.2, -0.15) is 5.10 Å². The molecule has 2 heterocycles. The summed E-state index contributed by atoms with van der Waals surface area (Å²) < 4.78 is 6.74. The van der Waals surface area contributed by atoms with E-state index in [0.29, 0.717) is 5.95 Å². The predicted octanol–water partition coefficient (Wildman–Crippen LogP) is 3.09. The van der Waals surface area contributed by atoms with Crippen LogP contribution in [0.1, 0.15) is 24.2 Å². The van der Waals surface area contributed by atoms with Crippen molar-refractivity contribution in [3.63, 3.8) is 0 Å². The van der Waals surface area contributed by atoms with Crippen LogP contribution in [0.3, 0.4) is 0 Å². The number of primary amides is 1.